The first-order valence-electron chi connectivity index (χ1n) is 3.07. The highest BCUT2D eigenvalue weighted by atomic mass is 79.9. The van der Waals surface area contributed by atoms with Crippen molar-refractivity contribution in [3.05, 3.63) is 28.0 Å². The Morgan fingerprint density at radius 1 is 1.23 bits per heavy atom. The highest BCUT2D eigenvalue weighted by molar-refractivity contribution is 9.10. The summed E-state index contributed by atoms with van der Waals surface area (Å²) in [6, 6.07) is 1.36. The summed E-state index contributed by atoms with van der Waals surface area (Å²) in [5, 5.41) is 8.74. The van der Waals surface area contributed by atoms with Crippen molar-refractivity contribution in [2.24, 2.45) is 0 Å². The number of aromatic hydroxyl groups is 1. The first kappa shape index (κ1) is 10.3. The van der Waals surface area contributed by atoms with E-state index in [0.29, 0.717) is 6.07 Å². The van der Waals surface area contributed by atoms with E-state index < -0.39 is 23.3 Å². The molecule has 13 heavy (non-hydrogen) atoms. The molecule has 0 radical (unpaired) electrons. The lowest BCUT2D eigenvalue weighted by atomic mass is 10.2. The van der Waals surface area contributed by atoms with Crippen molar-refractivity contribution in [2.45, 2.75) is 6.18 Å². The molecular weight excluding hydrogens is 256 g/mol. The minimum absolute atomic E-state index is 0.0740. The van der Waals surface area contributed by atoms with E-state index in [2.05, 4.69) is 15.9 Å². The Bertz CT molecular complexity index is 334. The summed E-state index contributed by atoms with van der Waals surface area (Å²) in [6.07, 6.45) is -4.76. The number of halogens is 5. The molecule has 1 aromatic rings. The van der Waals surface area contributed by atoms with Crippen LogP contribution in [0.15, 0.2) is 16.6 Å². The minimum atomic E-state index is -4.76. The number of rotatable bonds is 0. The second-order valence-electron chi connectivity index (χ2n) is 2.28. The van der Waals surface area contributed by atoms with Gasteiger partial charge in [-0.25, -0.2) is 4.39 Å². The monoisotopic (exact) mass is 258 g/mol. The van der Waals surface area contributed by atoms with E-state index >= 15 is 0 Å². The van der Waals surface area contributed by atoms with Crippen LogP contribution in [-0.2, 0) is 6.18 Å². The molecule has 0 aromatic heterocycles. The molecule has 0 aliphatic carbocycles. The molecule has 0 aliphatic heterocycles. The first-order chi connectivity index (χ1) is 5.82. The van der Waals surface area contributed by atoms with Gasteiger partial charge < -0.3 is 5.11 Å². The number of hydrogen-bond acceptors (Lipinski definition) is 1. The van der Waals surface area contributed by atoms with E-state index in [1.165, 1.54) is 0 Å². The van der Waals surface area contributed by atoms with E-state index in [4.69, 9.17) is 5.11 Å². The Morgan fingerprint density at radius 2 is 1.77 bits per heavy atom. The van der Waals surface area contributed by atoms with Crippen LogP contribution in [0.25, 0.3) is 0 Å². The fraction of sp³-hybridized carbons (Fsp3) is 0.143. The highest BCUT2D eigenvalue weighted by Gasteiger charge is 2.35. The molecular formula is C7H3BrF4O. The predicted octanol–water partition coefficient (Wildman–Crippen LogP) is 3.31. The smallest absolute Gasteiger partial charge is 0.420 e. The summed E-state index contributed by atoms with van der Waals surface area (Å²) < 4.78 is 48.7. The van der Waals surface area contributed by atoms with E-state index in [9.17, 15) is 17.6 Å². The maximum Gasteiger partial charge on any atom is 0.420 e. The van der Waals surface area contributed by atoms with Crippen LogP contribution < -0.4 is 0 Å². The summed E-state index contributed by atoms with van der Waals surface area (Å²) in [6.45, 7) is 0. The quantitative estimate of drug-likeness (QED) is 0.708. The minimum Gasteiger partial charge on any atom is -0.504 e. The largest absolute Gasteiger partial charge is 0.504 e. The van der Waals surface area contributed by atoms with Gasteiger partial charge in [0.2, 0.25) is 0 Å². The molecule has 0 spiro atoms. The SMILES string of the molecule is Oc1c(F)cc(Br)cc1C(F)(F)F. The van der Waals surface area contributed by atoms with Gasteiger partial charge in [-0.2, -0.15) is 13.2 Å². The standard InChI is InChI=1S/C7H3BrF4O/c8-3-1-4(7(10,11)12)6(13)5(9)2-3/h1-2,13H. The van der Waals surface area contributed by atoms with E-state index in [-0.39, 0.29) is 4.47 Å². The summed E-state index contributed by atoms with van der Waals surface area (Å²) in [5.41, 5.74) is -1.39. The lowest BCUT2D eigenvalue weighted by Gasteiger charge is -2.09. The maximum atomic E-state index is 12.6. The third-order valence-electron chi connectivity index (χ3n) is 1.33. The molecule has 0 amide bonds. The van der Waals surface area contributed by atoms with Crippen molar-refractivity contribution >= 4 is 15.9 Å². The maximum absolute atomic E-state index is 12.6. The first-order valence-corrected chi connectivity index (χ1v) is 3.87. The zero-order chi connectivity index (χ0) is 10.2. The van der Waals surface area contributed by atoms with Crippen LogP contribution >= 0.6 is 15.9 Å². The van der Waals surface area contributed by atoms with Crippen molar-refractivity contribution < 1.29 is 22.7 Å². The fourth-order valence-corrected chi connectivity index (χ4v) is 1.21. The van der Waals surface area contributed by atoms with Crippen LogP contribution in [0.2, 0.25) is 0 Å². The number of hydrogen-bond donors (Lipinski definition) is 1. The van der Waals surface area contributed by atoms with E-state index in [0.717, 1.165) is 6.07 Å². The molecule has 0 saturated heterocycles. The molecule has 0 aliphatic rings. The second-order valence-corrected chi connectivity index (χ2v) is 3.20. The molecule has 0 heterocycles. The van der Waals surface area contributed by atoms with Gasteiger partial charge in [0.15, 0.2) is 11.6 Å². The molecule has 0 atom stereocenters. The van der Waals surface area contributed by atoms with Gasteiger partial charge in [0, 0.05) is 4.47 Å². The van der Waals surface area contributed by atoms with Gasteiger partial charge in [0.25, 0.3) is 0 Å². The summed E-state index contributed by atoms with van der Waals surface area (Å²) in [4.78, 5) is 0. The highest BCUT2D eigenvalue weighted by Crippen LogP contribution is 2.38. The van der Waals surface area contributed by atoms with E-state index in [1.807, 2.05) is 0 Å². The van der Waals surface area contributed by atoms with Crippen molar-refractivity contribution in [3.8, 4) is 5.75 Å². The Hall–Kier alpha value is -0.780. The number of phenols is 1. The molecule has 0 bridgehead atoms. The van der Waals surface area contributed by atoms with Crippen LogP contribution in [0.1, 0.15) is 5.56 Å². The van der Waals surface area contributed by atoms with Gasteiger partial charge in [0.1, 0.15) is 5.56 Å². The normalized spacial score (nSPS) is 11.8. The molecule has 1 rings (SSSR count). The number of phenolic OH excluding ortho intramolecular Hbond substituents is 1. The predicted molar refractivity (Wildman–Crippen MR) is 40.8 cm³/mol. The molecule has 0 saturated carbocycles. The lowest BCUT2D eigenvalue weighted by molar-refractivity contribution is -0.139. The Labute approximate surface area is 79.1 Å². The van der Waals surface area contributed by atoms with Gasteiger partial charge in [-0.1, -0.05) is 15.9 Å². The third kappa shape index (κ3) is 2.12. The summed E-state index contributed by atoms with van der Waals surface area (Å²) >= 11 is 2.69. The average Bonchev–Trinajstić information content (AvgIpc) is 1.94. The van der Waals surface area contributed by atoms with Gasteiger partial charge >= 0.3 is 6.18 Å². The molecule has 1 aromatic carbocycles. The van der Waals surface area contributed by atoms with Gasteiger partial charge in [-0.15, -0.1) is 0 Å². The second kappa shape index (κ2) is 3.17. The average molecular weight is 259 g/mol. The zero-order valence-electron chi connectivity index (χ0n) is 5.99. The van der Waals surface area contributed by atoms with Crippen molar-refractivity contribution in [1.29, 1.82) is 0 Å². The molecule has 0 unspecified atom stereocenters. The molecule has 0 fully saturated rings. The summed E-state index contributed by atoms with van der Waals surface area (Å²) in [7, 11) is 0. The molecule has 6 heteroatoms. The Morgan fingerprint density at radius 3 is 2.23 bits per heavy atom. The van der Waals surface area contributed by atoms with E-state index in [1.54, 1.807) is 0 Å². The van der Waals surface area contributed by atoms with Gasteiger partial charge in [0.05, 0.1) is 0 Å². The van der Waals surface area contributed by atoms with Crippen molar-refractivity contribution in [2.75, 3.05) is 0 Å². The number of benzene rings is 1. The molecule has 1 N–H and O–H groups in total. The van der Waals surface area contributed by atoms with Gasteiger partial charge in [-0.3, -0.25) is 0 Å². The third-order valence-corrected chi connectivity index (χ3v) is 1.79. The zero-order valence-corrected chi connectivity index (χ0v) is 7.58. The number of alkyl halides is 3. The van der Waals surface area contributed by atoms with Crippen LogP contribution in [0.3, 0.4) is 0 Å². The topological polar surface area (TPSA) is 20.2 Å². The van der Waals surface area contributed by atoms with Gasteiger partial charge in [-0.05, 0) is 12.1 Å². The summed E-state index contributed by atoms with van der Waals surface area (Å²) in [5.74, 6) is -2.68. The molecule has 72 valence electrons. The Kier molecular flexibility index (Phi) is 2.51. The van der Waals surface area contributed by atoms with Crippen molar-refractivity contribution in [3.63, 3.8) is 0 Å². The van der Waals surface area contributed by atoms with Crippen LogP contribution in [0.5, 0.6) is 5.75 Å². The van der Waals surface area contributed by atoms with Crippen LogP contribution in [-0.4, -0.2) is 5.11 Å². The fourth-order valence-electron chi connectivity index (χ4n) is 0.782. The van der Waals surface area contributed by atoms with Crippen molar-refractivity contribution in [1.82, 2.24) is 0 Å². The lowest BCUT2D eigenvalue weighted by Crippen LogP contribution is -2.06. The molecule has 1 nitrogen and oxygen atoms in total. The van der Waals surface area contributed by atoms with Crippen LogP contribution in [0.4, 0.5) is 17.6 Å². The Balaban J connectivity index is 3.37. The van der Waals surface area contributed by atoms with Crippen LogP contribution in [0, 0.1) is 5.82 Å².